The van der Waals surface area contributed by atoms with Crippen molar-refractivity contribution < 1.29 is 71.9 Å². The van der Waals surface area contributed by atoms with Gasteiger partial charge < -0.3 is 73.9 Å². The monoisotopic (exact) mass is 1040 g/mol. The maximum atomic E-state index is 14.5. The van der Waals surface area contributed by atoms with Crippen LogP contribution < -0.4 is 15.7 Å². The van der Waals surface area contributed by atoms with Gasteiger partial charge >= 0.3 is 5.97 Å². The first-order chi connectivity index (χ1) is 33.5. The molecule has 4 aliphatic heterocycles. The molecule has 3 fully saturated rings. The zero-order valence-electron chi connectivity index (χ0n) is 45.2. The van der Waals surface area contributed by atoms with Gasteiger partial charge in [-0.25, -0.2) is 8.42 Å². The van der Waals surface area contributed by atoms with E-state index in [-0.39, 0.29) is 36.2 Å². The van der Waals surface area contributed by atoms with Crippen LogP contribution in [-0.4, -0.2) is 199 Å². The van der Waals surface area contributed by atoms with Crippen LogP contribution in [0.2, 0.25) is 0 Å². The molecule has 1 aromatic rings. The lowest BCUT2D eigenvalue weighted by molar-refractivity contribution is -0.318. The molecule has 0 aromatic heterocycles. The van der Waals surface area contributed by atoms with E-state index in [1.165, 1.54) is 32.4 Å². The van der Waals surface area contributed by atoms with Crippen molar-refractivity contribution in [1.82, 2.24) is 25.8 Å². The van der Waals surface area contributed by atoms with Gasteiger partial charge in [-0.15, -0.1) is 5.53 Å². The molecule has 0 unspecified atom stereocenters. The Labute approximate surface area is 428 Å². The summed E-state index contributed by atoms with van der Waals surface area (Å²) in [6.07, 6.45) is -4.61. The van der Waals surface area contributed by atoms with Gasteiger partial charge in [0.2, 0.25) is 0 Å². The Morgan fingerprint density at radius 1 is 0.958 bits per heavy atom. The van der Waals surface area contributed by atoms with Crippen molar-refractivity contribution in [3.8, 4) is 5.75 Å². The van der Waals surface area contributed by atoms with Crippen LogP contribution in [0.1, 0.15) is 108 Å². The van der Waals surface area contributed by atoms with E-state index < -0.39 is 112 Å². The van der Waals surface area contributed by atoms with Gasteiger partial charge in [-0.05, 0) is 112 Å². The maximum absolute atomic E-state index is 14.5. The van der Waals surface area contributed by atoms with Gasteiger partial charge in [0.25, 0.3) is 0 Å². The molecule has 18 atom stereocenters. The quantitative estimate of drug-likeness (QED) is 0.0929. The summed E-state index contributed by atoms with van der Waals surface area (Å²) in [6.45, 7) is 19.6. The molecule has 0 spiro atoms. The first-order valence-electron chi connectivity index (χ1n) is 25.7. The molecule has 4 heterocycles. The molecule has 414 valence electrons. The Hall–Kier alpha value is -2.74. The molecule has 0 bridgehead atoms. The van der Waals surface area contributed by atoms with Crippen LogP contribution in [0.15, 0.2) is 41.1 Å². The number of rotatable bonds is 16. The summed E-state index contributed by atoms with van der Waals surface area (Å²) in [5.74, 6) is -2.20. The molecule has 20 nitrogen and oxygen atoms in total. The molecule has 0 radical (unpaired) electrons. The number of cyclic esters (lactones) is 1. The molecule has 0 saturated carbocycles. The molecule has 72 heavy (non-hydrogen) atoms. The van der Waals surface area contributed by atoms with Gasteiger partial charge in [0.1, 0.15) is 35.8 Å². The number of aliphatic hydroxyl groups is 5. The average Bonchev–Trinajstić information content (AvgIpc) is 3.78. The largest absolute Gasteiger partial charge is 0.494 e. The molecule has 3 saturated heterocycles. The zero-order valence-corrected chi connectivity index (χ0v) is 46.0. The van der Waals surface area contributed by atoms with Gasteiger partial charge in [0.05, 0.1) is 53.0 Å². The first kappa shape index (κ1) is 60.1. The van der Waals surface area contributed by atoms with Gasteiger partial charge in [0, 0.05) is 82.2 Å². The fourth-order valence-electron chi connectivity index (χ4n) is 11.0. The molecule has 4 aliphatic rings. The highest BCUT2D eigenvalue weighted by molar-refractivity contribution is 7.90. The summed E-state index contributed by atoms with van der Waals surface area (Å²) in [4.78, 5) is 18.7. The highest BCUT2D eigenvalue weighted by atomic mass is 32.2. The van der Waals surface area contributed by atoms with Gasteiger partial charge in [0.15, 0.2) is 22.4 Å². The van der Waals surface area contributed by atoms with E-state index in [0.717, 1.165) is 5.70 Å². The van der Waals surface area contributed by atoms with Crippen molar-refractivity contribution in [2.75, 3.05) is 53.7 Å². The number of hydrogen-bond acceptors (Lipinski definition) is 20. The summed E-state index contributed by atoms with van der Waals surface area (Å²) < 4.78 is 67.7. The van der Waals surface area contributed by atoms with Crippen molar-refractivity contribution in [2.45, 2.75) is 203 Å². The van der Waals surface area contributed by atoms with E-state index in [2.05, 4.69) is 15.9 Å². The third-order valence-corrected chi connectivity index (χ3v) is 16.7. The van der Waals surface area contributed by atoms with E-state index in [1.54, 1.807) is 53.7 Å². The van der Waals surface area contributed by atoms with Crippen LogP contribution in [0.4, 0.5) is 0 Å². The molecule has 5 rings (SSSR count). The van der Waals surface area contributed by atoms with E-state index in [9.17, 15) is 38.7 Å². The minimum absolute atomic E-state index is 0.0975. The highest BCUT2D eigenvalue weighted by Crippen LogP contribution is 2.40. The predicted molar refractivity (Wildman–Crippen MR) is 268 cm³/mol. The van der Waals surface area contributed by atoms with Crippen molar-refractivity contribution in [2.24, 2.45) is 17.8 Å². The lowest BCUT2D eigenvalue weighted by Gasteiger charge is -2.49. The molecule has 21 heteroatoms. The number of benzene rings is 1. The second-order valence-electron chi connectivity index (χ2n) is 22.0. The summed E-state index contributed by atoms with van der Waals surface area (Å²) in [6, 6.07) is 5.36. The number of carbonyl (C=O) groups is 1. The third kappa shape index (κ3) is 14.8. The second kappa shape index (κ2) is 24.9. The molecule has 0 aliphatic carbocycles. The second-order valence-corrected chi connectivity index (χ2v) is 24.0. The number of esters is 1. The number of hydrazine groups is 2. The van der Waals surface area contributed by atoms with Crippen molar-refractivity contribution >= 4 is 15.8 Å². The summed E-state index contributed by atoms with van der Waals surface area (Å²) >= 11 is 0. The Morgan fingerprint density at radius 3 is 2.25 bits per heavy atom. The molecular formula is C51H89N5O15S. The van der Waals surface area contributed by atoms with Crippen LogP contribution in [0.5, 0.6) is 5.75 Å². The Balaban J connectivity index is 1.36. The van der Waals surface area contributed by atoms with Crippen LogP contribution in [0.3, 0.4) is 0 Å². The number of ether oxygens (including phenoxy) is 7. The number of hydrogen-bond donors (Lipinski definition) is 7. The smallest absolute Gasteiger partial charge is 0.311 e. The van der Waals surface area contributed by atoms with Crippen LogP contribution >= 0.6 is 0 Å². The number of sulfone groups is 1. The standard InChI is InChI=1S/C51H89N5O15S/c1-15-40-51(10,62)44(58)34(6)55(12)28-30(2)26-49(8,61)46(32(4)43(33(5)47(60)69-40)70-41-27-50(9,65-13)45(59)35(7)68-41)71-48-42(57)39(25-31(3)67-48)54(11)23-21-36-29-56(53-52-36)22-16-24-66-37-17-19-38(20-18-37)72(14,63)64/h17-20,29-35,39-46,48,52-53,57-59,61-62H,15-16,21-28H2,1-14H3/t30-,31-,32+,33-,34-,35+,39+,40-,41+,42-,43+,44-,45+,46-,48+,49-,50-,51-/m1/s1. The molecular weight excluding hydrogens is 955 g/mol. The van der Waals surface area contributed by atoms with Crippen LogP contribution in [0, 0.1) is 17.8 Å². The minimum Gasteiger partial charge on any atom is -0.494 e. The normalized spacial score (nSPS) is 40.2. The van der Waals surface area contributed by atoms with E-state index in [1.807, 2.05) is 51.0 Å². The number of nitrogens with zero attached hydrogens (tertiary/aromatic N) is 3. The van der Waals surface area contributed by atoms with E-state index in [0.29, 0.717) is 51.3 Å². The number of likely N-dealkylation sites (N-methyl/N-ethyl adjacent to an activating group) is 2. The summed E-state index contributed by atoms with van der Waals surface area (Å²) in [5.41, 5.74) is 2.79. The molecule has 1 aromatic carbocycles. The Bertz CT molecular complexity index is 2030. The zero-order chi connectivity index (χ0) is 53.7. The van der Waals surface area contributed by atoms with Crippen molar-refractivity contribution in [3.63, 3.8) is 0 Å². The summed E-state index contributed by atoms with van der Waals surface area (Å²) in [7, 11) is 1.99. The first-order valence-corrected chi connectivity index (χ1v) is 27.6. The Morgan fingerprint density at radius 2 is 1.62 bits per heavy atom. The van der Waals surface area contributed by atoms with Gasteiger partial charge in [-0.2, -0.15) is 0 Å². The third-order valence-electron chi connectivity index (χ3n) is 15.6. The van der Waals surface area contributed by atoms with Crippen molar-refractivity contribution in [1.29, 1.82) is 0 Å². The van der Waals surface area contributed by atoms with Crippen molar-refractivity contribution in [3.05, 3.63) is 36.2 Å². The predicted octanol–water partition coefficient (Wildman–Crippen LogP) is 2.70. The topological polar surface area (TPSA) is 251 Å². The lowest BCUT2D eigenvalue weighted by atomic mass is 9.77. The van der Waals surface area contributed by atoms with Crippen LogP contribution in [0.25, 0.3) is 0 Å². The molecule has 7 N–H and O–H groups in total. The highest BCUT2D eigenvalue weighted by Gasteiger charge is 2.53. The van der Waals surface area contributed by atoms with E-state index in [4.69, 9.17) is 33.2 Å². The number of aliphatic hydroxyl groups excluding tert-OH is 3. The van der Waals surface area contributed by atoms with Gasteiger partial charge in [-0.1, -0.05) is 20.8 Å². The van der Waals surface area contributed by atoms with Crippen LogP contribution in [-0.2, 0) is 43.1 Å². The fraction of sp³-hybridized carbons (Fsp3) is 0.824. The minimum atomic E-state index is -3.29. The number of carbonyl (C=O) groups excluding carboxylic acids is 1. The number of methoxy groups -OCH3 is 1. The summed E-state index contributed by atoms with van der Waals surface area (Å²) in [5, 5.41) is 61.6. The Kier molecular flexibility index (Phi) is 20.8. The van der Waals surface area contributed by atoms with Gasteiger partial charge in [-0.3, -0.25) is 9.80 Å². The lowest BCUT2D eigenvalue weighted by Crippen LogP contribution is -2.61. The SMILES string of the molecule is CC[C@H]1OC(=O)[C@H](C)[C@@H](O[C@H]2C[C@@](C)(OC)[C@@H](O)[C@H](C)O2)[C@H](C)[C@@H](O[C@@H]2O[C@H](C)C[C@H](N(C)CCC3=CN(CCCOc4ccc(S(C)(=O)=O)cc4)NN3)[C@H]2O)[C@](C)(O)C[C@@H](C)CN(C)[C@H](C)[C@@H](O)[C@]1(C)O. The molecule has 0 amide bonds. The van der Waals surface area contributed by atoms with E-state index >= 15 is 0 Å². The number of nitrogens with one attached hydrogen (secondary N) is 2. The maximum Gasteiger partial charge on any atom is 0.311 e. The average molecular weight is 1040 g/mol. The fourth-order valence-corrected chi connectivity index (χ4v) is 11.6.